The normalized spacial score (nSPS) is 17.8. The van der Waals surface area contributed by atoms with E-state index < -0.39 is 17.7 Å². The van der Waals surface area contributed by atoms with Crippen LogP contribution in [0.25, 0.3) is 5.76 Å². The zero-order chi connectivity index (χ0) is 23.4. The largest absolute Gasteiger partial charge is 0.507 e. The smallest absolute Gasteiger partial charge is 0.295 e. The van der Waals surface area contributed by atoms with E-state index in [-0.39, 0.29) is 11.3 Å². The van der Waals surface area contributed by atoms with E-state index in [0.717, 1.165) is 24.2 Å². The lowest BCUT2D eigenvalue weighted by molar-refractivity contribution is -0.139. The summed E-state index contributed by atoms with van der Waals surface area (Å²) in [7, 11) is 9.40. The van der Waals surface area contributed by atoms with Crippen molar-refractivity contribution < 1.29 is 19.4 Å². The van der Waals surface area contributed by atoms with E-state index >= 15 is 0 Å². The third-order valence-corrected chi connectivity index (χ3v) is 5.63. The topological polar surface area (TPSA) is 73.3 Å². The molecule has 0 saturated carbocycles. The van der Waals surface area contributed by atoms with Gasteiger partial charge in [-0.3, -0.25) is 9.59 Å². The molecule has 0 aromatic heterocycles. The summed E-state index contributed by atoms with van der Waals surface area (Å²) in [5, 5.41) is 11.1. The molecular formula is C25H31N3O4. The molecule has 2 aromatic carbocycles. The number of methoxy groups -OCH3 is 1. The Bertz CT molecular complexity index is 995. The number of carbonyl (C=O) groups excluding carboxylic acids is 2. The summed E-state index contributed by atoms with van der Waals surface area (Å²) in [6.07, 6.45) is 0.717. The van der Waals surface area contributed by atoms with Crippen LogP contribution in [0, 0.1) is 0 Å². The molecule has 170 valence electrons. The van der Waals surface area contributed by atoms with E-state index in [1.165, 1.54) is 0 Å². The van der Waals surface area contributed by atoms with Gasteiger partial charge < -0.3 is 24.5 Å². The first-order valence-electron chi connectivity index (χ1n) is 10.6. The fraction of sp³-hybridized carbons (Fsp3) is 0.360. The van der Waals surface area contributed by atoms with Gasteiger partial charge in [-0.25, -0.2) is 0 Å². The molecule has 1 aliphatic heterocycles. The van der Waals surface area contributed by atoms with Crippen molar-refractivity contribution in [3.8, 4) is 5.75 Å². The van der Waals surface area contributed by atoms with Crippen LogP contribution in [0.4, 0.5) is 5.69 Å². The van der Waals surface area contributed by atoms with Crippen LogP contribution in [0.5, 0.6) is 5.75 Å². The number of amides is 1. The molecule has 0 unspecified atom stereocenters. The van der Waals surface area contributed by atoms with Crippen molar-refractivity contribution in [2.24, 2.45) is 0 Å². The maximum atomic E-state index is 13.1. The van der Waals surface area contributed by atoms with Gasteiger partial charge in [-0.05, 0) is 69.0 Å². The third kappa shape index (κ3) is 4.78. The maximum Gasteiger partial charge on any atom is 0.295 e. The molecule has 1 heterocycles. The highest BCUT2D eigenvalue weighted by atomic mass is 16.5. The number of hydrogen-bond donors (Lipinski definition) is 1. The summed E-state index contributed by atoms with van der Waals surface area (Å²) in [5.74, 6) is -0.783. The lowest BCUT2D eigenvalue weighted by Crippen LogP contribution is -2.32. The SMILES string of the molecule is COc1ccc(/C(O)=C2\C(=O)C(=O)N(CCCN(C)C)[C@@H]2c2ccc(N(C)C)cc2)cc1. The van der Waals surface area contributed by atoms with Gasteiger partial charge in [0.05, 0.1) is 18.7 Å². The number of anilines is 1. The first-order chi connectivity index (χ1) is 15.2. The number of ketones is 1. The van der Waals surface area contributed by atoms with Gasteiger partial charge in [0.15, 0.2) is 0 Å². The van der Waals surface area contributed by atoms with Crippen molar-refractivity contribution in [3.05, 3.63) is 65.2 Å². The molecule has 0 spiro atoms. The van der Waals surface area contributed by atoms with Gasteiger partial charge in [-0.1, -0.05) is 12.1 Å². The van der Waals surface area contributed by atoms with Gasteiger partial charge in [0.2, 0.25) is 0 Å². The molecule has 0 bridgehead atoms. The number of aliphatic hydroxyl groups is 1. The zero-order valence-corrected chi connectivity index (χ0v) is 19.3. The van der Waals surface area contributed by atoms with Crippen molar-refractivity contribution in [1.29, 1.82) is 0 Å². The van der Waals surface area contributed by atoms with Gasteiger partial charge in [0, 0.05) is 31.9 Å². The number of carbonyl (C=O) groups is 2. The van der Waals surface area contributed by atoms with E-state index in [1.807, 2.05) is 62.3 Å². The van der Waals surface area contributed by atoms with Gasteiger partial charge in [0.25, 0.3) is 11.7 Å². The second-order valence-electron chi connectivity index (χ2n) is 8.36. The number of ether oxygens (including phenoxy) is 1. The molecule has 7 nitrogen and oxygen atoms in total. The second-order valence-corrected chi connectivity index (χ2v) is 8.36. The molecule has 0 aliphatic carbocycles. The first-order valence-corrected chi connectivity index (χ1v) is 10.6. The highest BCUT2D eigenvalue weighted by Gasteiger charge is 2.45. The molecule has 3 rings (SSSR count). The number of Topliss-reactive ketones (excluding diaryl/α,β-unsaturated/α-hetero) is 1. The lowest BCUT2D eigenvalue weighted by atomic mass is 9.95. The van der Waals surface area contributed by atoms with Crippen molar-refractivity contribution in [2.75, 3.05) is 53.3 Å². The molecule has 1 N–H and O–H groups in total. The zero-order valence-electron chi connectivity index (χ0n) is 19.3. The molecule has 1 amide bonds. The van der Waals surface area contributed by atoms with Crippen LogP contribution in [0.3, 0.4) is 0 Å². The number of aliphatic hydroxyl groups excluding tert-OH is 1. The highest BCUT2D eigenvalue weighted by Crippen LogP contribution is 2.40. The molecule has 1 aliphatic rings. The Balaban J connectivity index is 2.07. The van der Waals surface area contributed by atoms with Crippen LogP contribution in [0.1, 0.15) is 23.6 Å². The van der Waals surface area contributed by atoms with Crippen LogP contribution >= 0.6 is 0 Å². The van der Waals surface area contributed by atoms with Gasteiger partial charge in [-0.2, -0.15) is 0 Å². The van der Waals surface area contributed by atoms with Crippen LogP contribution in [0.2, 0.25) is 0 Å². The van der Waals surface area contributed by atoms with Gasteiger partial charge in [0.1, 0.15) is 11.5 Å². The average molecular weight is 438 g/mol. The summed E-state index contributed by atoms with van der Waals surface area (Å²) in [5.41, 5.74) is 2.37. The summed E-state index contributed by atoms with van der Waals surface area (Å²) in [6, 6.07) is 13.9. The molecule has 0 radical (unpaired) electrons. The van der Waals surface area contributed by atoms with Crippen molar-refractivity contribution >= 4 is 23.1 Å². The fourth-order valence-corrected chi connectivity index (χ4v) is 3.87. The van der Waals surface area contributed by atoms with Crippen molar-refractivity contribution in [2.45, 2.75) is 12.5 Å². The van der Waals surface area contributed by atoms with Crippen LogP contribution in [-0.2, 0) is 9.59 Å². The Labute approximate surface area is 189 Å². The Kier molecular flexibility index (Phi) is 7.20. The first kappa shape index (κ1) is 23.3. The van der Waals surface area contributed by atoms with E-state index in [2.05, 4.69) is 0 Å². The molecule has 1 fully saturated rings. The number of nitrogens with zero attached hydrogens (tertiary/aromatic N) is 3. The van der Waals surface area contributed by atoms with E-state index in [4.69, 9.17) is 4.74 Å². The molecule has 32 heavy (non-hydrogen) atoms. The number of rotatable bonds is 8. The summed E-state index contributed by atoms with van der Waals surface area (Å²) < 4.78 is 5.18. The minimum absolute atomic E-state index is 0.114. The minimum Gasteiger partial charge on any atom is -0.507 e. The Morgan fingerprint density at radius 2 is 1.62 bits per heavy atom. The highest BCUT2D eigenvalue weighted by molar-refractivity contribution is 6.46. The lowest BCUT2D eigenvalue weighted by Gasteiger charge is -2.26. The molecule has 7 heteroatoms. The van der Waals surface area contributed by atoms with Gasteiger partial charge in [-0.15, -0.1) is 0 Å². The van der Waals surface area contributed by atoms with Gasteiger partial charge >= 0.3 is 0 Å². The molecular weight excluding hydrogens is 406 g/mol. The Hall–Kier alpha value is -3.32. The van der Waals surface area contributed by atoms with Crippen LogP contribution in [-0.4, -0.2) is 75.0 Å². The molecule has 1 atom stereocenters. The number of hydrogen-bond acceptors (Lipinski definition) is 6. The average Bonchev–Trinajstić information content (AvgIpc) is 3.03. The summed E-state index contributed by atoms with van der Waals surface area (Å²) in [4.78, 5) is 31.6. The van der Waals surface area contributed by atoms with E-state index in [1.54, 1.807) is 36.3 Å². The molecule has 2 aromatic rings. The third-order valence-electron chi connectivity index (χ3n) is 5.63. The maximum absolute atomic E-state index is 13.1. The molecule has 1 saturated heterocycles. The van der Waals surface area contributed by atoms with Crippen LogP contribution < -0.4 is 9.64 Å². The summed E-state index contributed by atoms with van der Waals surface area (Å²) >= 11 is 0. The Morgan fingerprint density at radius 3 is 2.16 bits per heavy atom. The van der Waals surface area contributed by atoms with Crippen molar-refractivity contribution in [3.63, 3.8) is 0 Å². The monoisotopic (exact) mass is 437 g/mol. The van der Waals surface area contributed by atoms with E-state index in [9.17, 15) is 14.7 Å². The van der Waals surface area contributed by atoms with E-state index in [0.29, 0.717) is 17.9 Å². The number of benzene rings is 2. The predicted molar refractivity (Wildman–Crippen MR) is 126 cm³/mol. The Morgan fingerprint density at radius 1 is 1.00 bits per heavy atom. The second kappa shape index (κ2) is 9.87. The summed E-state index contributed by atoms with van der Waals surface area (Å²) in [6.45, 7) is 1.20. The van der Waals surface area contributed by atoms with Crippen LogP contribution in [0.15, 0.2) is 54.1 Å². The standard InChI is InChI=1S/C25H31N3O4/c1-26(2)15-6-16-28-22(17-7-11-19(12-8-17)27(3)4)21(24(30)25(28)31)23(29)18-9-13-20(32-5)14-10-18/h7-14,22,29H,6,15-16H2,1-5H3/b23-21+/t22-/m1/s1. The minimum atomic E-state index is -0.662. The van der Waals surface area contributed by atoms with Crippen molar-refractivity contribution in [1.82, 2.24) is 9.80 Å². The number of likely N-dealkylation sites (tertiary alicyclic amines) is 1. The quantitative estimate of drug-likeness (QED) is 0.389. The fourth-order valence-electron chi connectivity index (χ4n) is 3.87. The predicted octanol–water partition coefficient (Wildman–Crippen LogP) is 3.13.